The number of rotatable bonds is 2. The summed E-state index contributed by atoms with van der Waals surface area (Å²) in [6, 6.07) is 3.67. The van der Waals surface area contributed by atoms with Gasteiger partial charge in [0.2, 0.25) is 0 Å². The lowest BCUT2D eigenvalue weighted by molar-refractivity contribution is 0.112. The second-order valence-electron chi connectivity index (χ2n) is 2.13. The number of carbonyl (C=O) groups excluding carboxylic acids is 1. The molecule has 0 aliphatic carbocycles. The fourth-order valence-electron chi connectivity index (χ4n) is 0.883. The summed E-state index contributed by atoms with van der Waals surface area (Å²) in [4.78, 5) is 10.6. The van der Waals surface area contributed by atoms with E-state index in [1.807, 2.05) is 6.07 Å². The Balaban J connectivity index is 3.33. The number of ether oxygens (including phenoxy) is 1. The smallest absolute Gasteiger partial charge is 0.153 e. The van der Waals surface area contributed by atoms with Crippen LogP contribution in [0, 0.1) is 3.57 Å². The van der Waals surface area contributed by atoms with Crippen LogP contribution < -0.4 is 4.74 Å². The number of hydrogen-bond donors (Lipinski definition) is 0. The van der Waals surface area contributed by atoms with E-state index in [1.165, 1.54) is 0 Å². The monoisotopic (exact) mass is 340 g/mol. The summed E-state index contributed by atoms with van der Waals surface area (Å²) >= 11 is 5.45. The molecule has 0 atom stereocenters. The van der Waals surface area contributed by atoms with Crippen LogP contribution in [0.25, 0.3) is 0 Å². The van der Waals surface area contributed by atoms with Gasteiger partial charge in [0.1, 0.15) is 5.75 Å². The lowest BCUT2D eigenvalue weighted by atomic mass is 10.2. The van der Waals surface area contributed by atoms with E-state index < -0.39 is 0 Å². The molecule has 2 nitrogen and oxygen atoms in total. The summed E-state index contributed by atoms with van der Waals surface area (Å²) in [7, 11) is 1.54. The third kappa shape index (κ3) is 1.98. The molecule has 12 heavy (non-hydrogen) atoms. The number of halogens is 2. The van der Waals surface area contributed by atoms with Gasteiger partial charge >= 0.3 is 0 Å². The molecule has 0 spiro atoms. The van der Waals surface area contributed by atoms with Crippen molar-refractivity contribution in [1.82, 2.24) is 0 Å². The molecule has 0 saturated heterocycles. The third-order valence-corrected chi connectivity index (χ3v) is 2.58. The van der Waals surface area contributed by atoms with Crippen molar-refractivity contribution in [3.05, 3.63) is 25.7 Å². The highest BCUT2D eigenvalue weighted by Crippen LogP contribution is 2.29. The van der Waals surface area contributed by atoms with Gasteiger partial charge in [0.25, 0.3) is 0 Å². The SMILES string of the molecule is COc1c(Br)cc(I)cc1C=O. The number of aldehydes is 1. The van der Waals surface area contributed by atoms with Crippen LogP contribution in [-0.4, -0.2) is 13.4 Å². The van der Waals surface area contributed by atoms with Crippen molar-refractivity contribution in [1.29, 1.82) is 0 Å². The number of hydrogen-bond acceptors (Lipinski definition) is 2. The van der Waals surface area contributed by atoms with Crippen molar-refractivity contribution in [3.8, 4) is 5.75 Å². The first-order chi connectivity index (χ1) is 5.69. The van der Waals surface area contributed by atoms with Crippen LogP contribution in [0.15, 0.2) is 16.6 Å². The molecular weight excluding hydrogens is 335 g/mol. The zero-order valence-corrected chi connectivity index (χ0v) is 10.0. The Labute approximate surface area is 92.6 Å². The molecule has 0 fully saturated rings. The Morgan fingerprint density at radius 2 is 2.25 bits per heavy atom. The minimum atomic E-state index is 0.566. The summed E-state index contributed by atoms with van der Waals surface area (Å²) in [5.74, 6) is 0.588. The normalized spacial score (nSPS) is 9.58. The highest BCUT2D eigenvalue weighted by atomic mass is 127. The predicted octanol–water partition coefficient (Wildman–Crippen LogP) is 2.87. The minimum Gasteiger partial charge on any atom is -0.495 e. The maximum absolute atomic E-state index is 10.6. The zero-order valence-electron chi connectivity index (χ0n) is 6.30. The maximum Gasteiger partial charge on any atom is 0.153 e. The Morgan fingerprint density at radius 3 is 2.75 bits per heavy atom. The van der Waals surface area contributed by atoms with Crippen LogP contribution in [0.5, 0.6) is 5.75 Å². The van der Waals surface area contributed by atoms with Gasteiger partial charge in [0.15, 0.2) is 6.29 Å². The van der Waals surface area contributed by atoms with E-state index in [-0.39, 0.29) is 0 Å². The van der Waals surface area contributed by atoms with Gasteiger partial charge < -0.3 is 4.74 Å². The van der Waals surface area contributed by atoms with E-state index >= 15 is 0 Å². The summed E-state index contributed by atoms with van der Waals surface area (Å²) in [6.45, 7) is 0. The van der Waals surface area contributed by atoms with Crippen LogP contribution in [0.2, 0.25) is 0 Å². The molecule has 0 aliphatic heterocycles. The van der Waals surface area contributed by atoms with Crippen LogP contribution in [-0.2, 0) is 0 Å². The molecule has 0 radical (unpaired) electrons. The highest BCUT2D eigenvalue weighted by molar-refractivity contribution is 14.1. The summed E-state index contributed by atoms with van der Waals surface area (Å²) in [5.41, 5.74) is 0.566. The average Bonchev–Trinajstić information content (AvgIpc) is 2.03. The number of methoxy groups -OCH3 is 1. The van der Waals surface area contributed by atoms with Gasteiger partial charge in [-0.2, -0.15) is 0 Å². The average molecular weight is 341 g/mol. The molecule has 4 heteroatoms. The Hall–Kier alpha value is -0.100. The minimum absolute atomic E-state index is 0.566. The molecule has 0 saturated carbocycles. The lowest BCUT2D eigenvalue weighted by Crippen LogP contribution is -1.92. The Kier molecular flexibility index (Phi) is 3.52. The van der Waals surface area contributed by atoms with Gasteiger partial charge in [-0.25, -0.2) is 0 Å². The first-order valence-electron chi connectivity index (χ1n) is 3.17. The van der Waals surface area contributed by atoms with Crippen LogP contribution >= 0.6 is 38.5 Å². The molecule has 0 aromatic heterocycles. The van der Waals surface area contributed by atoms with Gasteiger partial charge in [0, 0.05) is 3.57 Å². The molecule has 0 heterocycles. The fraction of sp³-hybridized carbons (Fsp3) is 0.125. The molecule has 1 aromatic rings. The first-order valence-corrected chi connectivity index (χ1v) is 5.04. The van der Waals surface area contributed by atoms with E-state index in [0.717, 1.165) is 14.3 Å². The first kappa shape index (κ1) is 9.98. The second kappa shape index (κ2) is 4.23. The molecule has 0 N–H and O–H groups in total. The summed E-state index contributed by atoms with van der Waals surface area (Å²) in [6.07, 6.45) is 0.783. The van der Waals surface area contributed by atoms with Crippen LogP contribution in [0.3, 0.4) is 0 Å². The van der Waals surface area contributed by atoms with Gasteiger partial charge in [0.05, 0.1) is 17.1 Å². The molecule has 1 rings (SSSR count). The Morgan fingerprint density at radius 1 is 1.58 bits per heavy atom. The lowest BCUT2D eigenvalue weighted by Gasteiger charge is -2.05. The second-order valence-corrected chi connectivity index (χ2v) is 4.23. The van der Waals surface area contributed by atoms with E-state index in [9.17, 15) is 4.79 Å². The van der Waals surface area contributed by atoms with Crippen molar-refractivity contribution < 1.29 is 9.53 Å². The van der Waals surface area contributed by atoms with Crippen molar-refractivity contribution in [2.45, 2.75) is 0 Å². The number of benzene rings is 1. The van der Waals surface area contributed by atoms with Crippen molar-refractivity contribution in [2.75, 3.05) is 7.11 Å². The molecule has 0 amide bonds. The van der Waals surface area contributed by atoms with Crippen molar-refractivity contribution in [2.24, 2.45) is 0 Å². The fourth-order valence-corrected chi connectivity index (χ4v) is 2.60. The van der Waals surface area contributed by atoms with Gasteiger partial charge in [-0.15, -0.1) is 0 Å². The van der Waals surface area contributed by atoms with Crippen molar-refractivity contribution >= 4 is 44.8 Å². The molecule has 0 bridgehead atoms. The maximum atomic E-state index is 10.6. The third-order valence-electron chi connectivity index (χ3n) is 1.37. The highest BCUT2D eigenvalue weighted by Gasteiger charge is 2.07. The largest absolute Gasteiger partial charge is 0.495 e. The quantitative estimate of drug-likeness (QED) is 0.611. The zero-order chi connectivity index (χ0) is 9.14. The van der Waals surface area contributed by atoms with E-state index in [4.69, 9.17) is 4.74 Å². The molecule has 1 aromatic carbocycles. The molecule has 0 unspecified atom stereocenters. The molecular formula is C8H6BrIO2. The van der Waals surface area contributed by atoms with E-state index in [2.05, 4.69) is 38.5 Å². The van der Waals surface area contributed by atoms with Gasteiger partial charge in [-0.05, 0) is 50.7 Å². The van der Waals surface area contributed by atoms with Crippen molar-refractivity contribution in [3.63, 3.8) is 0 Å². The number of carbonyl (C=O) groups is 1. The van der Waals surface area contributed by atoms with E-state index in [0.29, 0.717) is 11.3 Å². The van der Waals surface area contributed by atoms with E-state index in [1.54, 1.807) is 13.2 Å². The topological polar surface area (TPSA) is 26.3 Å². The predicted molar refractivity (Wildman–Crippen MR) is 58.8 cm³/mol. The van der Waals surface area contributed by atoms with Crippen LogP contribution in [0.4, 0.5) is 0 Å². The standard InChI is InChI=1S/C8H6BrIO2/c1-12-8-5(4-11)2-6(10)3-7(8)9/h2-4H,1H3. The van der Waals surface area contributed by atoms with Crippen LogP contribution in [0.1, 0.15) is 10.4 Å². The summed E-state index contributed by atoms with van der Waals surface area (Å²) < 4.78 is 6.85. The van der Waals surface area contributed by atoms with Gasteiger partial charge in [-0.1, -0.05) is 0 Å². The molecule has 0 aliphatic rings. The Bertz CT molecular complexity index is 312. The molecule has 64 valence electrons. The summed E-state index contributed by atoms with van der Waals surface area (Å²) in [5, 5.41) is 0. The van der Waals surface area contributed by atoms with Gasteiger partial charge in [-0.3, -0.25) is 4.79 Å².